The Hall–Kier alpha value is -2.81. The number of cyclic esters (lactones) is 1. The van der Waals surface area contributed by atoms with E-state index in [1.165, 1.54) is 17.2 Å². The van der Waals surface area contributed by atoms with Gasteiger partial charge in [0.25, 0.3) is 5.88 Å². The highest BCUT2D eigenvalue weighted by Crippen LogP contribution is 2.28. The minimum Gasteiger partial charge on any atom is -0.471 e. The zero-order valence-corrected chi connectivity index (χ0v) is 14.1. The molecule has 1 aromatic carbocycles. The first kappa shape index (κ1) is 16.6. The van der Waals surface area contributed by atoms with Gasteiger partial charge in [-0.3, -0.25) is 4.90 Å². The molecule has 2 aliphatic rings. The molecule has 26 heavy (non-hydrogen) atoms. The van der Waals surface area contributed by atoms with Crippen LogP contribution in [0.5, 0.6) is 5.88 Å². The predicted molar refractivity (Wildman–Crippen MR) is 91.1 cm³/mol. The number of piperazine rings is 1. The molecule has 1 aromatic heterocycles. The van der Waals surface area contributed by atoms with Gasteiger partial charge in [0, 0.05) is 32.2 Å². The van der Waals surface area contributed by atoms with Crippen molar-refractivity contribution in [3.8, 4) is 5.88 Å². The van der Waals surface area contributed by atoms with Crippen molar-refractivity contribution in [2.24, 2.45) is 0 Å². The molecule has 2 saturated heterocycles. The van der Waals surface area contributed by atoms with Crippen LogP contribution in [0.25, 0.3) is 0 Å². The smallest absolute Gasteiger partial charge is 0.414 e. The number of carbonyl (C=O) groups is 1. The Balaban J connectivity index is 1.41. The minimum absolute atomic E-state index is 0.149. The molecule has 0 bridgehead atoms. The molecule has 0 spiro atoms. The lowest BCUT2D eigenvalue weighted by Gasteiger charge is -2.30. The van der Waals surface area contributed by atoms with Crippen molar-refractivity contribution in [2.45, 2.75) is 6.10 Å². The quantitative estimate of drug-likeness (QED) is 0.866. The van der Waals surface area contributed by atoms with E-state index in [0.717, 1.165) is 26.2 Å². The van der Waals surface area contributed by atoms with Crippen LogP contribution in [0.15, 0.2) is 35.1 Å². The van der Waals surface area contributed by atoms with Gasteiger partial charge in [0.2, 0.25) is 0 Å². The molecule has 1 unspecified atom stereocenters. The second-order valence-corrected chi connectivity index (χ2v) is 6.14. The highest BCUT2D eigenvalue weighted by Gasteiger charge is 2.33. The van der Waals surface area contributed by atoms with Gasteiger partial charge in [-0.2, -0.15) is 0 Å². The zero-order chi connectivity index (χ0) is 17.9. The molecule has 1 N–H and O–H groups in total. The first-order valence-electron chi connectivity index (χ1n) is 8.47. The van der Waals surface area contributed by atoms with Crippen LogP contribution in [0.4, 0.5) is 20.6 Å². The van der Waals surface area contributed by atoms with Crippen molar-refractivity contribution in [1.82, 2.24) is 10.5 Å². The van der Waals surface area contributed by atoms with Gasteiger partial charge in [0.1, 0.15) is 18.7 Å². The fourth-order valence-electron chi connectivity index (χ4n) is 3.10. The molecule has 9 heteroatoms. The summed E-state index contributed by atoms with van der Waals surface area (Å²) in [6.45, 7) is 3.59. The molecule has 0 aliphatic carbocycles. The Morgan fingerprint density at radius 2 is 2.15 bits per heavy atom. The summed E-state index contributed by atoms with van der Waals surface area (Å²) >= 11 is 0. The van der Waals surface area contributed by atoms with Gasteiger partial charge in [-0.05, 0) is 23.4 Å². The molecule has 8 nitrogen and oxygen atoms in total. The Kier molecular flexibility index (Phi) is 4.61. The zero-order valence-electron chi connectivity index (χ0n) is 14.1. The molecule has 3 heterocycles. The Bertz CT molecular complexity index is 764. The number of nitrogens with zero attached hydrogens (tertiary/aromatic N) is 3. The Morgan fingerprint density at radius 1 is 1.31 bits per heavy atom. The monoisotopic (exact) mass is 362 g/mol. The summed E-state index contributed by atoms with van der Waals surface area (Å²) < 4.78 is 29.9. The number of ether oxygens (including phenoxy) is 2. The van der Waals surface area contributed by atoms with E-state index in [9.17, 15) is 9.18 Å². The molecule has 2 aliphatic heterocycles. The number of halogens is 1. The van der Waals surface area contributed by atoms with Gasteiger partial charge in [-0.15, -0.1) is 0 Å². The maximum Gasteiger partial charge on any atom is 0.414 e. The topological polar surface area (TPSA) is 80.1 Å². The van der Waals surface area contributed by atoms with Crippen molar-refractivity contribution in [2.75, 3.05) is 49.1 Å². The number of hydrogen-bond donors (Lipinski definition) is 1. The number of aromatic nitrogens is 1. The number of benzene rings is 1. The van der Waals surface area contributed by atoms with Crippen molar-refractivity contribution in [3.05, 3.63) is 36.3 Å². The van der Waals surface area contributed by atoms with Crippen molar-refractivity contribution in [1.29, 1.82) is 0 Å². The van der Waals surface area contributed by atoms with Gasteiger partial charge in [-0.25, -0.2) is 9.18 Å². The van der Waals surface area contributed by atoms with Crippen molar-refractivity contribution in [3.63, 3.8) is 0 Å². The molecule has 1 atom stereocenters. The van der Waals surface area contributed by atoms with Crippen LogP contribution in [0.1, 0.15) is 0 Å². The van der Waals surface area contributed by atoms with Crippen LogP contribution in [0, 0.1) is 5.82 Å². The van der Waals surface area contributed by atoms with Gasteiger partial charge in [-0.1, -0.05) is 0 Å². The first-order chi connectivity index (χ1) is 12.7. The van der Waals surface area contributed by atoms with E-state index in [0.29, 0.717) is 17.3 Å². The lowest BCUT2D eigenvalue weighted by Crippen LogP contribution is -2.43. The maximum atomic E-state index is 14.6. The van der Waals surface area contributed by atoms with Crippen molar-refractivity contribution >= 4 is 17.5 Å². The molecule has 2 fully saturated rings. The standard InChI is InChI=1S/C17H19FN4O4/c18-14-9-12(1-2-15(14)21-6-4-19-5-7-21)22-10-13(26-17(22)23)11-24-16-3-8-25-20-16/h1-3,8-9,13,19H,4-7,10-11H2. The SMILES string of the molecule is O=C1OC(COc2ccon2)CN1c1ccc(N2CCNCC2)c(F)c1. The minimum atomic E-state index is -0.520. The normalized spacial score (nSPS) is 20.3. The van der Waals surface area contributed by atoms with Crippen LogP contribution in [0.3, 0.4) is 0 Å². The van der Waals surface area contributed by atoms with E-state index >= 15 is 0 Å². The third kappa shape index (κ3) is 3.43. The van der Waals surface area contributed by atoms with Crippen LogP contribution in [-0.4, -0.2) is 56.7 Å². The highest BCUT2D eigenvalue weighted by atomic mass is 19.1. The third-order valence-corrected chi connectivity index (χ3v) is 4.41. The second-order valence-electron chi connectivity index (χ2n) is 6.14. The van der Waals surface area contributed by atoms with Crippen molar-refractivity contribution < 1.29 is 23.2 Å². The maximum absolute atomic E-state index is 14.6. The van der Waals surface area contributed by atoms with Gasteiger partial charge in [0.05, 0.1) is 17.9 Å². The molecule has 138 valence electrons. The summed E-state index contributed by atoms with van der Waals surface area (Å²) in [5.41, 5.74) is 1.02. The highest BCUT2D eigenvalue weighted by molar-refractivity contribution is 5.90. The predicted octanol–water partition coefficient (Wildman–Crippen LogP) is 1.63. The lowest BCUT2D eigenvalue weighted by atomic mass is 10.2. The summed E-state index contributed by atoms with van der Waals surface area (Å²) in [5.74, 6) is -0.0228. The summed E-state index contributed by atoms with van der Waals surface area (Å²) in [7, 11) is 0. The van der Waals surface area contributed by atoms with E-state index in [-0.39, 0.29) is 19.0 Å². The number of carbonyl (C=O) groups excluding carboxylic acids is 1. The molecule has 1 amide bonds. The number of nitrogens with one attached hydrogen (secondary N) is 1. The third-order valence-electron chi connectivity index (χ3n) is 4.41. The second kappa shape index (κ2) is 7.20. The van der Waals surface area contributed by atoms with E-state index < -0.39 is 12.2 Å². The lowest BCUT2D eigenvalue weighted by molar-refractivity contribution is 0.102. The first-order valence-corrected chi connectivity index (χ1v) is 8.47. The number of anilines is 2. The van der Waals surface area contributed by atoms with E-state index in [2.05, 4.69) is 15.0 Å². The average molecular weight is 362 g/mol. The van der Waals surface area contributed by atoms with Crippen LogP contribution >= 0.6 is 0 Å². The molecule has 0 saturated carbocycles. The van der Waals surface area contributed by atoms with E-state index in [4.69, 9.17) is 9.47 Å². The summed E-state index contributed by atoms with van der Waals surface area (Å²) in [4.78, 5) is 15.5. The van der Waals surface area contributed by atoms with Gasteiger partial charge < -0.3 is 24.2 Å². The molecule has 2 aromatic rings. The average Bonchev–Trinajstić information content (AvgIpc) is 3.30. The fraction of sp³-hybridized carbons (Fsp3) is 0.412. The summed E-state index contributed by atoms with van der Waals surface area (Å²) in [5, 5.41) is 6.87. The number of amides is 1. The van der Waals surface area contributed by atoms with Gasteiger partial charge >= 0.3 is 6.09 Å². The molecule has 4 rings (SSSR count). The Morgan fingerprint density at radius 3 is 2.88 bits per heavy atom. The fourth-order valence-corrected chi connectivity index (χ4v) is 3.10. The summed E-state index contributed by atoms with van der Waals surface area (Å²) in [6, 6.07) is 6.39. The summed E-state index contributed by atoms with van der Waals surface area (Å²) in [6.07, 6.45) is 0.411. The Labute approximate surface area is 149 Å². The molecule has 0 radical (unpaired) electrons. The molecular formula is C17H19FN4O4. The number of rotatable bonds is 5. The molecular weight excluding hydrogens is 343 g/mol. The van der Waals surface area contributed by atoms with E-state index in [1.54, 1.807) is 18.2 Å². The van der Waals surface area contributed by atoms with Gasteiger partial charge in [0.15, 0.2) is 6.10 Å². The van der Waals surface area contributed by atoms with Crippen LogP contribution < -0.4 is 19.9 Å². The van der Waals surface area contributed by atoms with Crippen LogP contribution in [0.2, 0.25) is 0 Å². The largest absolute Gasteiger partial charge is 0.471 e. The van der Waals surface area contributed by atoms with E-state index in [1.807, 2.05) is 4.90 Å². The number of hydrogen-bond acceptors (Lipinski definition) is 7. The van der Waals surface area contributed by atoms with Crippen LogP contribution in [-0.2, 0) is 4.74 Å².